The van der Waals surface area contributed by atoms with Gasteiger partial charge in [-0.15, -0.1) is 0 Å². The highest BCUT2D eigenvalue weighted by Crippen LogP contribution is 1.99. The molecule has 0 radical (unpaired) electrons. The number of carboxylic acid groups (broad SMARTS) is 1. The zero-order chi connectivity index (χ0) is 10.8. The molecule has 5 heteroatoms. The van der Waals surface area contributed by atoms with Gasteiger partial charge < -0.3 is 15.1 Å². The van der Waals surface area contributed by atoms with Crippen molar-refractivity contribution in [2.45, 2.75) is 32.6 Å². The molecule has 0 rings (SSSR count). The van der Waals surface area contributed by atoms with Crippen molar-refractivity contribution in [3.63, 3.8) is 0 Å². The molecule has 0 aliphatic rings. The Labute approximate surface area is 83.6 Å². The van der Waals surface area contributed by atoms with Crippen LogP contribution in [0.4, 0.5) is 0 Å². The van der Waals surface area contributed by atoms with Gasteiger partial charge in [0, 0.05) is 12.8 Å². The molecule has 0 fully saturated rings. The molecule has 0 aromatic carbocycles. The van der Waals surface area contributed by atoms with Crippen LogP contribution in [0.25, 0.3) is 0 Å². The first-order valence-electron chi connectivity index (χ1n) is 4.77. The Bertz CT molecular complexity index is 191. The number of carbonyl (C=O) groups is 1. The normalized spacial score (nSPS) is 11.4. The summed E-state index contributed by atoms with van der Waals surface area (Å²) in [6.07, 6.45) is 3.40. The second kappa shape index (κ2) is 8.34. The van der Waals surface area contributed by atoms with Crippen molar-refractivity contribution >= 4 is 12.4 Å². The van der Waals surface area contributed by atoms with Gasteiger partial charge in [0.15, 0.2) is 6.54 Å². The zero-order valence-corrected chi connectivity index (χ0v) is 8.44. The van der Waals surface area contributed by atoms with Gasteiger partial charge in [0.2, 0.25) is 0 Å². The number of unbranched alkanes of at least 4 members (excludes halogenated alkanes) is 2. The lowest BCUT2D eigenvalue weighted by Gasteiger charge is -2.02. The monoisotopic (exact) mass is 203 g/mol. The number of nitrogens with zero attached hydrogens (tertiary/aromatic N) is 1. The summed E-state index contributed by atoms with van der Waals surface area (Å²) in [5.41, 5.74) is 0. The van der Waals surface area contributed by atoms with Crippen LogP contribution in [-0.4, -0.2) is 35.4 Å². The van der Waals surface area contributed by atoms with Gasteiger partial charge in [0.1, 0.15) is 0 Å². The molecule has 0 aliphatic heterocycles. The predicted octanol–water partition coefficient (Wildman–Crippen LogP) is 1.21. The van der Waals surface area contributed by atoms with Crippen molar-refractivity contribution in [2.24, 2.45) is 0 Å². The molecule has 0 spiro atoms. The van der Waals surface area contributed by atoms with E-state index >= 15 is 0 Å². The summed E-state index contributed by atoms with van der Waals surface area (Å²) < 4.78 is 5.51. The first-order valence-corrected chi connectivity index (χ1v) is 4.77. The van der Waals surface area contributed by atoms with Crippen molar-refractivity contribution in [1.82, 2.24) is 0 Å². The molecule has 0 aromatic heterocycles. The van der Waals surface area contributed by atoms with Crippen LogP contribution in [0.15, 0.2) is 0 Å². The minimum atomic E-state index is -0.787. The molecule has 0 aliphatic carbocycles. The van der Waals surface area contributed by atoms with E-state index in [1.54, 1.807) is 6.92 Å². The largest absolute Gasteiger partial charge is 0.622 e. The smallest absolute Gasteiger partial charge is 0.335 e. The van der Waals surface area contributed by atoms with Gasteiger partial charge in [0.05, 0.1) is 6.61 Å². The van der Waals surface area contributed by atoms with Crippen molar-refractivity contribution in [2.75, 3.05) is 13.2 Å². The molecule has 0 saturated heterocycles. The third kappa shape index (κ3) is 8.83. The Morgan fingerprint density at radius 3 is 2.79 bits per heavy atom. The van der Waals surface area contributed by atoms with Crippen LogP contribution in [0.1, 0.15) is 32.6 Å². The summed E-state index contributed by atoms with van der Waals surface area (Å²) in [6.45, 7) is 2.65. The van der Waals surface area contributed by atoms with Gasteiger partial charge >= 0.3 is 12.4 Å². The average Bonchev–Trinajstić information content (AvgIpc) is 2.13. The van der Waals surface area contributed by atoms with Crippen molar-refractivity contribution in [3.8, 4) is 0 Å². The van der Waals surface area contributed by atoms with Gasteiger partial charge in [-0.3, -0.25) is 4.79 Å². The summed E-state index contributed by atoms with van der Waals surface area (Å²) in [5.74, 6) is -0.787. The van der Waals surface area contributed by atoms with Crippen LogP contribution < -0.4 is 0 Å². The minimum Gasteiger partial charge on any atom is -0.622 e. The lowest BCUT2D eigenvalue weighted by Crippen LogP contribution is -2.09. The van der Waals surface area contributed by atoms with E-state index < -0.39 is 5.97 Å². The molecular weight excluding hydrogens is 186 g/mol. The first-order chi connectivity index (χ1) is 6.66. The molecule has 0 heterocycles. The number of rotatable bonds is 8. The van der Waals surface area contributed by atoms with Gasteiger partial charge in [-0.25, -0.2) is 0 Å². The number of ether oxygens (including phenoxy) is 1. The van der Waals surface area contributed by atoms with Crippen molar-refractivity contribution < 1.29 is 19.4 Å². The van der Waals surface area contributed by atoms with Crippen LogP contribution in [0.5, 0.6) is 0 Å². The second-order valence-electron chi connectivity index (χ2n) is 2.91. The van der Waals surface area contributed by atoms with Crippen LogP contribution >= 0.6 is 0 Å². The van der Waals surface area contributed by atoms with Crippen LogP contribution in [0.3, 0.4) is 0 Å². The van der Waals surface area contributed by atoms with E-state index in [0.29, 0.717) is 26.0 Å². The van der Waals surface area contributed by atoms with Crippen LogP contribution in [0, 0.1) is 5.21 Å². The molecule has 0 unspecified atom stereocenters. The lowest BCUT2D eigenvalue weighted by atomic mass is 10.2. The van der Waals surface area contributed by atoms with E-state index in [2.05, 4.69) is 0 Å². The summed E-state index contributed by atoms with van der Waals surface area (Å²) in [4.78, 5) is 10.1. The van der Waals surface area contributed by atoms with E-state index in [-0.39, 0.29) is 6.42 Å². The molecule has 82 valence electrons. The molecule has 5 nitrogen and oxygen atoms in total. The van der Waals surface area contributed by atoms with Gasteiger partial charge in [-0.05, 0) is 19.8 Å². The molecule has 0 aromatic rings. The fraction of sp³-hybridized carbons (Fsp3) is 0.778. The van der Waals surface area contributed by atoms with Gasteiger partial charge in [-0.2, -0.15) is 4.74 Å². The minimum absolute atomic E-state index is 0.175. The van der Waals surface area contributed by atoms with Crippen molar-refractivity contribution in [3.05, 3.63) is 5.21 Å². The molecular formula is C9H17NO4. The van der Waals surface area contributed by atoms with Crippen LogP contribution in [0.2, 0.25) is 0 Å². The molecule has 0 atom stereocenters. The maximum Gasteiger partial charge on any atom is 0.335 e. The number of hydroxylamine groups is 1. The predicted molar refractivity (Wildman–Crippen MR) is 52.3 cm³/mol. The first kappa shape index (κ1) is 12.7. The molecule has 0 bridgehead atoms. The molecule has 0 saturated carbocycles. The zero-order valence-electron chi connectivity index (χ0n) is 8.44. The van der Waals surface area contributed by atoms with E-state index in [4.69, 9.17) is 9.84 Å². The number of hydrogen-bond acceptors (Lipinski definition) is 3. The Morgan fingerprint density at radius 2 is 2.21 bits per heavy atom. The number of hydrogen-bond donors (Lipinski definition) is 1. The van der Waals surface area contributed by atoms with Gasteiger partial charge in [-0.1, -0.05) is 0 Å². The summed E-state index contributed by atoms with van der Waals surface area (Å²) in [5, 5.41) is 19.3. The standard InChI is InChI=1S/C9H17NO4/c1-2-14-8-10(13)7-5-3-4-6-9(11)12/h8H,2-7H2,1H3,(H,11,12)/b10-8+. The number of carboxylic acids is 1. The molecule has 0 amide bonds. The summed E-state index contributed by atoms with van der Waals surface area (Å²) in [6, 6.07) is 0. The average molecular weight is 203 g/mol. The third-order valence-corrected chi connectivity index (χ3v) is 1.63. The van der Waals surface area contributed by atoms with E-state index in [0.717, 1.165) is 17.6 Å². The topological polar surface area (TPSA) is 72.6 Å². The molecule has 14 heavy (non-hydrogen) atoms. The highest BCUT2D eigenvalue weighted by atomic mass is 16.5. The second-order valence-corrected chi connectivity index (χ2v) is 2.91. The number of aliphatic carboxylic acids is 1. The lowest BCUT2D eigenvalue weighted by molar-refractivity contribution is -0.462. The van der Waals surface area contributed by atoms with Gasteiger partial charge in [0.25, 0.3) is 0 Å². The highest BCUT2D eigenvalue weighted by Gasteiger charge is 1.98. The molecule has 1 N–H and O–H groups in total. The van der Waals surface area contributed by atoms with Crippen LogP contribution in [-0.2, 0) is 9.53 Å². The summed E-state index contributed by atoms with van der Waals surface area (Å²) >= 11 is 0. The Morgan fingerprint density at radius 1 is 1.50 bits per heavy atom. The van der Waals surface area contributed by atoms with E-state index in [9.17, 15) is 10.0 Å². The maximum atomic E-state index is 10.9. The fourth-order valence-corrected chi connectivity index (χ4v) is 0.931. The SMILES string of the molecule is CCO/C=[N+](/[O-])CCCCCC(=O)O. The summed E-state index contributed by atoms with van der Waals surface area (Å²) in [7, 11) is 0. The Balaban J connectivity index is 3.31. The maximum absolute atomic E-state index is 10.9. The fourth-order valence-electron chi connectivity index (χ4n) is 0.931. The highest BCUT2D eigenvalue weighted by molar-refractivity contribution is 5.66. The van der Waals surface area contributed by atoms with E-state index in [1.165, 1.54) is 0 Å². The van der Waals surface area contributed by atoms with Crippen molar-refractivity contribution in [1.29, 1.82) is 0 Å². The van der Waals surface area contributed by atoms with E-state index in [1.807, 2.05) is 0 Å². The quantitative estimate of drug-likeness (QED) is 0.161. The Hall–Kier alpha value is -1.26. The third-order valence-electron chi connectivity index (χ3n) is 1.63. The Kier molecular flexibility index (Phi) is 7.59.